The predicted molar refractivity (Wildman–Crippen MR) is 77.2 cm³/mol. The van der Waals surface area contributed by atoms with Gasteiger partial charge in [0.1, 0.15) is 15.8 Å². The minimum absolute atomic E-state index is 0.0488. The van der Waals surface area contributed by atoms with Crippen molar-refractivity contribution in [3.05, 3.63) is 24.3 Å². The molecule has 10 heteroatoms. The summed E-state index contributed by atoms with van der Waals surface area (Å²) in [6, 6.07) is 3.96. The second kappa shape index (κ2) is 5.95. The summed E-state index contributed by atoms with van der Waals surface area (Å²) in [5, 5.41) is 9.13. The van der Waals surface area contributed by atoms with Crippen molar-refractivity contribution >= 4 is 26.0 Å². The van der Waals surface area contributed by atoms with Crippen molar-refractivity contribution in [3.8, 4) is 0 Å². The number of carboxylic acid groups (broad SMARTS) is 1. The molecule has 0 bridgehead atoms. The van der Waals surface area contributed by atoms with E-state index >= 15 is 0 Å². The molecule has 1 saturated heterocycles. The molecule has 1 aromatic carbocycles. The molecule has 122 valence electrons. The van der Waals surface area contributed by atoms with Gasteiger partial charge in [0.2, 0.25) is 20.0 Å². The average Bonchev–Trinajstić information content (AvgIpc) is 2.97. The first-order valence-corrected chi connectivity index (χ1v) is 9.41. The van der Waals surface area contributed by atoms with Crippen LogP contribution in [0.15, 0.2) is 34.1 Å². The van der Waals surface area contributed by atoms with Gasteiger partial charge in [-0.3, -0.25) is 4.79 Å². The number of nitrogens with zero attached hydrogens (tertiary/aromatic N) is 1. The Balaban J connectivity index is 2.59. The highest BCUT2D eigenvalue weighted by molar-refractivity contribution is 7.92. The van der Waals surface area contributed by atoms with Gasteiger partial charge in [0, 0.05) is 6.54 Å². The molecule has 1 aliphatic rings. The molecule has 1 heterocycles. The predicted octanol–water partition coefficient (Wildman–Crippen LogP) is -0.168. The summed E-state index contributed by atoms with van der Waals surface area (Å²) < 4.78 is 52.3. The summed E-state index contributed by atoms with van der Waals surface area (Å²) in [4.78, 5) is 10.4. The molecule has 0 amide bonds. The number of carboxylic acids is 1. The van der Waals surface area contributed by atoms with Gasteiger partial charge in [0.15, 0.2) is 0 Å². The summed E-state index contributed by atoms with van der Waals surface area (Å²) in [5.74, 6) is -1.24. The van der Waals surface area contributed by atoms with E-state index in [4.69, 9.17) is 5.11 Å². The molecule has 0 unspecified atom stereocenters. The summed E-state index contributed by atoms with van der Waals surface area (Å²) in [7, 11) is -7.03. The number of benzene rings is 1. The molecule has 0 saturated carbocycles. The lowest BCUT2D eigenvalue weighted by atomic mass is 10.2. The Morgan fingerprint density at radius 2 is 1.82 bits per heavy atom. The normalized spacial score (nSPS) is 20.1. The molecule has 1 aliphatic heterocycles. The summed E-state index contributed by atoms with van der Waals surface area (Å²) in [6.07, 6.45) is 0.618. The van der Waals surface area contributed by atoms with Crippen LogP contribution in [-0.2, 0) is 24.8 Å². The first-order valence-electron chi connectivity index (χ1n) is 6.49. The second-order valence-corrected chi connectivity index (χ2v) is 8.48. The van der Waals surface area contributed by atoms with E-state index in [0.717, 1.165) is 10.4 Å². The highest BCUT2D eigenvalue weighted by Crippen LogP contribution is 2.29. The van der Waals surface area contributed by atoms with Crippen molar-refractivity contribution < 1.29 is 26.7 Å². The third-order valence-electron chi connectivity index (χ3n) is 3.48. The average molecular weight is 348 g/mol. The summed E-state index contributed by atoms with van der Waals surface area (Å²) in [5.41, 5.74) is 0. The Morgan fingerprint density at radius 3 is 2.36 bits per heavy atom. The SMILES string of the molecule is CNS(=O)(=O)c1ccccc1S(=O)(=O)N1CCC[C@H]1C(=O)O. The number of carbonyl (C=O) groups is 1. The molecular formula is C12H16N2O6S2. The van der Waals surface area contributed by atoms with Gasteiger partial charge in [-0.2, -0.15) is 4.31 Å². The monoisotopic (exact) mass is 348 g/mol. The molecule has 0 aliphatic carbocycles. The zero-order valence-electron chi connectivity index (χ0n) is 11.8. The zero-order valence-corrected chi connectivity index (χ0v) is 13.4. The topological polar surface area (TPSA) is 121 Å². The van der Waals surface area contributed by atoms with E-state index in [1.807, 2.05) is 0 Å². The molecule has 0 radical (unpaired) electrons. The van der Waals surface area contributed by atoms with Crippen molar-refractivity contribution in [1.82, 2.24) is 9.03 Å². The fourth-order valence-corrected chi connectivity index (χ4v) is 5.58. The zero-order chi connectivity index (χ0) is 16.5. The third-order valence-corrected chi connectivity index (χ3v) is 7.05. The maximum absolute atomic E-state index is 12.7. The molecule has 2 rings (SSSR count). The summed E-state index contributed by atoms with van der Waals surface area (Å²) in [6.45, 7) is 0.0488. The van der Waals surface area contributed by atoms with E-state index in [2.05, 4.69) is 4.72 Å². The second-order valence-electron chi connectivity index (χ2n) is 4.77. The molecule has 1 aromatic rings. The maximum Gasteiger partial charge on any atom is 0.322 e. The van der Waals surface area contributed by atoms with Crippen molar-refractivity contribution in [2.75, 3.05) is 13.6 Å². The Kier molecular flexibility index (Phi) is 4.57. The van der Waals surface area contributed by atoms with Crippen LogP contribution >= 0.6 is 0 Å². The fourth-order valence-electron chi connectivity index (χ4n) is 2.40. The van der Waals surface area contributed by atoms with Crippen LogP contribution in [0.25, 0.3) is 0 Å². The van der Waals surface area contributed by atoms with Crippen LogP contribution in [-0.4, -0.2) is 51.9 Å². The molecule has 1 fully saturated rings. The first-order chi connectivity index (χ1) is 10.2. The van der Waals surface area contributed by atoms with Crippen LogP contribution < -0.4 is 4.72 Å². The first kappa shape index (κ1) is 16.9. The van der Waals surface area contributed by atoms with Gasteiger partial charge < -0.3 is 5.11 Å². The van der Waals surface area contributed by atoms with Crippen molar-refractivity contribution in [2.45, 2.75) is 28.7 Å². The number of hydrogen-bond acceptors (Lipinski definition) is 5. The molecule has 22 heavy (non-hydrogen) atoms. The van der Waals surface area contributed by atoms with E-state index in [1.165, 1.54) is 25.2 Å². The number of rotatable bonds is 5. The van der Waals surface area contributed by atoms with Gasteiger partial charge in [-0.05, 0) is 32.0 Å². The lowest BCUT2D eigenvalue weighted by Gasteiger charge is -2.22. The van der Waals surface area contributed by atoms with Gasteiger partial charge in [0.05, 0.1) is 0 Å². The van der Waals surface area contributed by atoms with Crippen LogP contribution in [0.4, 0.5) is 0 Å². The van der Waals surface area contributed by atoms with Crippen molar-refractivity contribution in [3.63, 3.8) is 0 Å². The third kappa shape index (κ3) is 2.86. The van der Waals surface area contributed by atoms with Crippen LogP contribution in [0.5, 0.6) is 0 Å². The van der Waals surface area contributed by atoms with Gasteiger partial charge in [-0.1, -0.05) is 12.1 Å². The molecule has 1 atom stereocenters. The van der Waals surface area contributed by atoms with Crippen LogP contribution in [0.3, 0.4) is 0 Å². The van der Waals surface area contributed by atoms with E-state index in [0.29, 0.717) is 6.42 Å². The lowest BCUT2D eigenvalue weighted by Crippen LogP contribution is -2.41. The van der Waals surface area contributed by atoms with E-state index in [-0.39, 0.29) is 13.0 Å². The van der Waals surface area contributed by atoms with Crippen LogP contribution in [0, 0.1) is 0 Å². The van der Waals surface area contributed by atoms with Crippen molar-refractivity contribution in [1.29, 1.82) is 0 Å². The van der Waals surface area contributed by atoms with E-state index < -0.39 is 41.8 Å². The minimum Gasteiger partial charge on any atom is -0.480 e. The molecular weight excluding hydrogens is 332 g/mol. The molecule has 0 spiro atoms. The van der Waals surface area contributed by atoms with E-state index in [1.54, 1.807) is 0 Å². The maximum atomic E-state index is 12.7. The quantitative estimate of drug-likeness (QED) is 0.762. The van der Waals surface area contributed by atoms with E-state index in [9.17, 15) is 21.6 Å². The Labute approximate surface area is 128 Å². The van der Waals surface area contributed by atoms with Gasteiger partial charge in [0.25, 0.3) is 0 Å². The van der Waals surface area contributed by atoms with Gasteiger partial charge >= 0.3 is 5.97 Å². The Morgan fingerprint density at radius 1 is 1.23 bits per heavy atom. The highest BCUT2D eigenvalue weighted by atomic mass is 32.2. The molecule has 2 N–H and O–H groups in total. The number of sulfonamides is 2. The van der Waals surface area contributed by atoms with Gasteiger partial charge in [-0.15, -0.1) is 0 Å². The Hall–Kier alpha value is -1.49. The number of aliphatic carboxylic acids is 1. The summed E-state index contributed by atoms with van der Waals surface area (Å²) >= 11 is 0. The van der Waals surface area contributed by atoms with Crippen LogP contribution in [0.1, 0.15) is 12.8 Å². The van der Waals surface area contributed by atoms with Crippen molar-refractivity contribution in [2.24, 2.45) is 0 Å². The smallest absolute Gasteiger partial charge is 0.322 e. The number of nitrogens with one attached hydrogen (secondary N) is 1. The number of hydrogen-bond donors (Lipinski definition) is 2. The molecule has 0 aromatic heterocycles. The Bertz CT molecular complexity index is 788. The van der Waals surface area contributed by atoms with Crippen LogP contribution in [0.2, 0.25) is 0 Å². The standard InChI is InChI=1S/C12H16N2O6S2/c1-13-21(17,18)10-6-2-3-7-11(10)22(19,20)14-8-4-5-9(14)12(15)16/h2-3,6-7,9,13H,4-5,8H2,1H3,(H,15,16)/t9-/m0/s1. The minimum atomic E-state index is -4.22. The largest absolute Gasteiger partial charge is 0.480 e. The highest BCUT2D eigenvalue weighted by Gasteiger charge is 2.41. The molecule has 8 nitrogen and oxygen atoms in total. The lowest BCUT2D eigenvalue weighted by molar-refractivity contribution is -0.140. The van der Waals surface area contributed by atoms with Gasteiger partial charge in [-0.25, -0.2) is 21.6 Å². The fraction of sp³-hybridized carbons (Fsp3) is 0.417.